The molecule has 0 atom stereocenters. The van der Waals surface area contributed by atoms with Gasteiger partial charge in [0.05, 0.1) is 0 Å². The number of allylic oxidation sites excluding steroid dienone is 1. The molecule has 56 valence electrons. The zero-order valence-corrected chi connectivity index (χ0v) is 6.48. The first kappa shape index (κ1) is 9.22. The first-order valence-corrected chi connectivity index (χ1v) is 3.19. The van der Waals surface area contributed by atoms with Crippen molar-refractivity contribution in [2.75, 3.05) is 13.2 Å². The summed E-state index contributed by atoms with van der Waals surface area (Å²) < 4.78 is 0. The summed E-state index contributed by atoms with van der Waals surface area (Å²) >= 11 is 0. The summed E-state index contributed by atoms with van der Waals surface area (Å²) in [7, 11) is 0. The van der Waals surface area contributed by atoms with Crippen LogP contribution in [0.3, 0.4) is 0 Å². The Bertz CT molecular complexity index is 140. The average Bonchev–Trinajstić information content (AvgIpc) is 1.87. The van der Waals surface area contributed by atoms with Gasteiger partial charge in [-0.1, -0.05) is 17.6 Å². The van der Waals surface area contributed by atoms with Crippen molar-refractivity contribution in [1.29, 1.82) is 0 Å². The maximum atomic E-state index is 4.94. The fourth-order valence-electron chi connectivity index (χ4n) is 0.397. The highest BCUT2D eigenvalue weighted by Gasteiger charge is 1.79. The molecule has 1 N–H and O–H groups in total. The molecule has 0 saturated carbocycles. The number of hydrogen-bond acceptors (Lipinski definition) is 2. The first-order chi connectivity index (χ1) is 4.77. The first-order valence-electron chi connectivity index (χ1n) is 3.19. The minimum Gasteiger partial charge on any atom is -0.289 e. The molecule has 0 aliphatic carbocycles. The summed E-state index contributed by atoms with van der Waals surface area (Å²) in [5.41, 5.74) is 3.96. The van der Waals surface area contributed by atoms with Crippen LogP contribution in [0.1, 0.15) is 13.8 Å². The molecule has 0 aromatic rings. The van der Waals surface area contributed by atoms with Gasteiger partial charge in [0.25, 0.3) is 0 Å². The van der Waals surface area contributed by atoms with Crippen LogP contribution in [0.4, 0.5) is 0 Å². The normalized spacial score (nSPS) is 8.50. The quantitative estimate of drug-likeness (QED) is 0.272. The van der Waals surface area contributed by atoms with E-state index in [0.717, 1.165) is 0 Å². The molecule has 0 amide bonds. The minimum absolute atomic E-state index is 0.316. The molecule has 0 aromatic heterocycles. The fourth-order valence-corrected chi connectivity index (χ4v) is 0.397. The summed E-state index contributed by atoms with van der Waals surface area (Å²) in [4.78, 5) is 4.80. The monoisotopic (exact) mass is 139 g/mol. The van der Waals surface area contributed by atoms with Gasteiger partial charge in [0, 0.05) is 6.54 Å². The van der Waals surface area contributed by atoms with E-state index >= 15 is 0 Å². The third kappa shape index (κ3) is 7.22. The van der Waals surface area contributed by atoms with E-state index in [1.54, 1.807) is 0 Å². The molecule has 0 fully saturated rings. The van der Waals surface area contributed by atoms with Gasteiger partial charge < -0.3 is 0 Å². The van der Waals surface area contributed by atoms with Crippen molar-refractivity contribution < 1.29 is 4.84 Å². The largest absolute Gasteiger partial charge is 0.289 e. The minimum atomic E-state index is 0.316. The molecule has 0 radical (unpaired) electrons. The Morgan fingerprint density at radius 3 is 2.90 bits per heavy atom. The highest BCUT2D eigenvalue weighted by Crippen LogP contribution is 1.84. The zero-order chi connectivity index (χ0) is 7.82. The molecular weight excluding hydrogens is 126 g/mol. The Hall–Kier alpha value is -0.780. The van der Waals surface area contributed by atoms with Crippen LogP contribution in [-0.4, -0.2) is 13.2 Å². The van der Waals surface area contributed by atoms with E-state index in [-0.39, 0.29) is 0 Å². The summed E-state index contributed by atoms with van der Waals surface area (Å²) in [6.07, 6.45) is 6.96. The second-order valence-corrected chi connectivity index (χ2v) is 2.12. The average molecular weight is 139 g/mol. The molecule has 0 rings (SSSR count). The summed E-state index contributed by atoms with van der Waals surface area (Å²) in [5, 5.41) is 0. The smallest absolute Gasteiger partial charge is 0.128 e. The van der Waals surface area contributed by atoms with E-state index in [2.05, 4.69) is 11.4 Å². The molecular formula is C8H13NO. The Morgan fingerprint density at radius 1 is 1.70 bits per heavy atom. The lowest BCUT2D eigenvalue weighted by molar-refractivity contribution is 0.0745. The highest BCUT2D eigenvalue weighted by atomic mass is 16.6. The molecule has 2 heteroatoms. The van der Waals surface area contributed by atoms with Gasteiger partial charge >= 0.3 is 0 Å². The van der Waals surface area contributed by atoms with Crippen molar-refractivity contribution in [1.82, 2.24) is 5.48 Å². The molecule has 0 aromatic carbocycles. The Balaban J connectivity index is 3.07. The molecule has 0 aliphatic rings. The second kappa shape index (κ2) is 6.34. The molecule has 2 nitrogen and oxygen atoms in total. The summed E-state index contributed by atoms with van der Waals surface area (Å²) in [6.45, 7) is 5.09. The third-order valence-corrected chi connectivity index (χ3v) is 0.851. The fraction of sp³-hybridized carbons (Fsp3) is 0.500. The molecule has 0 saturated heterocycles. The van der Waals surface area contributed by atoms with Gasteiger partial charge in [-0.25, -0.2) is 0 Å². The van der Waals surface area contributed by atoms with E-state index in [1.807, 2.05) is 19.9 Å². The van der Waals surface area contributed by atoms with E-state index in [0.29, 0.717) is 13.2 Å². The van der Waals surface area contributed by atoms with Crippen molar-refractivity contribution in [3.05, 3.63) is 11.6 Å². The lowest BCUT2D eigenvalue weighted by Gasteiger charge is -1.97. The maximum Gasteiger partial charge on any atom is 0.128 e. The predicted molar refractivity (Wildman–Crippen MR) is 42.2 cm³/mol. The van der Waals surface area contributed by atoms with E-state index in [4.69, 9.17) is 11.3 Å². The van der Waals surface area contributed by atoms with Crippen LogP contribution in [-0.2, 0) is 4.84 Å². The molecule has 0 heterocycles. The lowest BCUT2D eigenvalue weighted by atomic mass is 10.3. The highest BCUT2D eigenvalue weighted by molar-refractivity contribution is 4.93. The van der Waals surface area contributed by atoms with Gasteiger partial charge in [0.2, 0.25) is 0 Å². The number of hydrogen-bond donors (Lipinski definition) is 1. The molecule has 0 bridgehead atoms. The van der Waals surface area contributed by atoms with Gasteiger partial charge in [0.1, 0.15) is 6.61 Å². The number of nitrogens with one attached hydrogen (secondary N) is 1. The van der Waals surface area contributed by atoms with Gasteiger partial charge in [-0.2, -0.15) is 5.48 Å². The van der Waals surface area contributed by atoms with Crippen LogP contribution < -0.4 is 5.48 Å². The van der Waals surface area contributed by atoms with Crippen LogP contribution in [0.15, 0.2) is 11.6 Å². The SMILES string of the molecule is C#CCONCC=C(C)C. The van der Waals surface area contributed by atoms with Crippen molar-refractivity contribution >= 4 is 0 Å². The Kier molecular flexibility index (Phi) is 5.85. The number of terminal acetylenes is 1. The number of rotatable bonds is 4. The van der Waals surface area contributed by atoms with Crippen molar-refractivity contribution in [2.24, 2.45) is 0 Å². The standard InChI is InChI=1S/C8H13NO/c1-4-7-10-9-6-5-8(2)3/h1,5,9H,6-7H2,2-3H3. The van der Waals surface area contributed by atoms with Crippen molar-refractivity contribution in [3.8, 4) is 12.3 Å². The molecule has 0 unspecified atom stereocenters. The van der Waals surface area contributed by atoms with Crippen LogP contribution in [0.2, 0.25) is 0 Å². The van der Waals surface area contributed by atoms with Crippen LogP contribution in [0, 0.1) is 12.3 Å². The van der Waals surface area contributed by atoms with Crippen LogP contribution >= 0.6 is 0 Å². The summed E-state index contributed by atoms with van der Waals surface area (Å²) in [5.74, 6) is 2.35. The van der Waals surface area contributed by atoms with Gasteiger partial charge in [-0.15, -0.1) is 6.42 Å². The lowest BCUT2D eigenvalue weighted by Crippen LogP contribution is -2.14. The molecule has 0 aliphatic heterocycles. The number of hydroxylamine groups is 1. The van der Waals surface area contributed by atoms with E-state index in [9.17, 15) is 0 Å². The van der Waals surface area contributed by atoms with Gasteiger partial charge in [-0.3, -0.25) is 4.84 Å². The van der Waals surface area contributed by atoms with Crippen molar-refractivity contribution in [3.63, 3.8) is 0 Å². The topological polar surface area (TPSA) is 21.3 Å². The van der Waals surface area contributed by atoms with E-state index in [1.165, 1.54) is 5.57 Å². The predicted octanol–water partition coefficient (Wildman–Crippen LogP) is 1.11. The third-order valence-electron chi connectivity index (χ3n) is 0.851. The maximum absolute atomic E-state index is 4.94. The summed E-state index contributed by atoms with van der Waals surface area (Å²) in [6, 6.07) is 0. The molecule has 0 spiro atoms. The molecule has 10 heavy (non-hydrogen) atoms. The Morgan fingerprint density at radius 2 is 2.40 bits per heavy atom. The van der Waals surface area contributed by atoms with Crippen LogP contribution in [0.5, 0.6) is 0 Å². The zero-order valence-electron chi connectivity index (χ0n) is 6.48. The van der Waals surface area contributed by atoms with E-state index < -0.39 is 0 Å². The van der Waals surface area contributed by atoms with Gasteiger partial charge in [-0.05, 0) is 13.8 Å². The second-order valence-electron chi connectivity index (χ2n) is 2.12. The Labute approximate surface area is 62.2 Å². The van der Waals surface area contributed by atoms with Gasteiger partial charge in [0.15, 0.2) is 0 Å². The van der Waals surface area contributed by atoms with Crippen molar-refractivity contribution in [2.45, 2.75) is 13.8 Å². The van der Waals surface area contributed by atoms with Crippen LogP contribution in [0.25, 0.3) is 0 Å².